The molecule has 2 rings (SSSR count). The molecule has 2 aromatic carbocycles. The highest BCUT2D eigenvalue weighted by Crippen LogP contribution is 2.11. The van der Waals surface area contributed by atoms with Crippen LogP contribution in [0.5, 0.6) is 5.75 Å². The van der Waals surface area contributed by atoms with E-state index in [9.17, 15) is 9.60 Å². The van der Waals surface area contributed by atoms with Crippen molar-refractivity contribution in [1.82, 2.24) is 0 Å². The van der Waals surface area contributed by atoms with E-state index in [1.165, 1.54) is 24.3 Å². The summed E-state index contributed by atoms with van der Waals surface area (Å²) in [6.07, 6.45) is 1.03. The number of rotatable bonds is 3. The van der Waals surface area contributed by atoms with Gasteiger partial charge in [0, 0.05) is 12.1 Å². The van der Waals surface area contributed by atoms with Crippen LogP contribution in [0.1, 0.15) is 0 Å². The fraction of sp³-hybridized carbons (Fsp3) is 0. The summed E-state index contributed by atoms with van der Waals surface area (Å²) in [7, 11) is 0. The number of hydrogen-bond acceptors (Lipinski definition) is 2. The van der Waals surface area contributed by atoms with Gasteiger partial charge in [0.25, 0.3) is 0 Å². The van der Waals surface area contributed by atoms with Gasteiger partial charge in [-0.2, -0.15) is 0 Å². The summed E-state index contributed by atoms with van der Waals surface area (Å²) in [5.41, 5.74) is 0.467. The molecule has 0 unspecified atom stereocenters. The molecule has 0 aliphatic heterocycles. The first-order valence-electron chi connectivity index (χ1n) is 5.03. The standard InChI is InChI=1S/C13H10FNO2/c14-11-6-8-13(9-7-11)17-10-15(16)12-4-2-1-3-5-12/h1-10H/b15-10-. The Morgan fingerprint density at radius 3 is 2.29 bits per heavy atom. The molecule has 3 nitrogen and oxygen atoms in total. The maximum absolute atomic E-state index is 12.6. The van der Waals surface area contributed by atoms with Gasteiger partial charge in [-0.25, -0.2) is 4.39 Å². The van der Waals surface area contributed by atoms with Crippen LogP contribution >= 0.6 is 0 Å². The third-order valence-electron chi connectivity index (χ3n) is 2.11. The highest BCUT2D eigenvalue weighted by molar-refractivity contribution is 5.49. The summed E-state index contributed by atoms with van der Waals surface area (Å²) in [6.45, 7) is 0. The zero-order chi connectivity index (χ0) is 12.1. The van der Waals surface area contributed by atoms with Gasteiger partial charge in [0.05, 0.1) is 0 Å². The second kappa shape index (κ2) is 5.12. The Labute approximate surface area is 98.0 Å². The van der Waals surface area contributed by atoms with Crippen LogP contribution in [0.4, 0.5) is 10.1 Å². The highest BCUT2D eigenvalue weighted by Gasteiger charge is 2.00. The lowest BCUT2D eigenvalue weighted by atomic mass is 10.3. The van der Waals surface area contributed by atoms with Crippen molar-refractivity contribution in [3.8, 4) is 5.75 Å². The van der Waals surface area contributed by atoms with Gasteiger partial charge in [0.2, 0.25) is 5.69 Å². The largest absolute Gasteiger partial charge is 0.616 e. The van der Waals surface area contributed by atoms with Crippen LogP contribution in [-0.4, -0.2) is 11.1 Å². The number of nitrogens with zero attached hydrogens (tertiary/aromatic N) is 1. The third-order valence-corrected chi connectivity index (χ3v) is 2.11. The van der Waals surface area contributed by atoms with Crippen LogP contribution < -0.4 is 4.74 Å². The van der Waals surface area contributed by atoms with Gasteiger partial charge in [-0.05, 0) is 24.3 Å². The fourth-order valence-electron chi connectivity index (χ4n) is 1.26. The van der Waals surface area contributed by atoms with Crippen molar-refractivity contribution >= 4 is 12.1 Å². The predicted octanol–water partition coefficient (Wildman–Crippen LogP) is 3.07. The van der Waals surface area contributed by atoms with Gasteiger partial charge in [0.15, 0.2) is 0 Å². The molecule has 0 aliphatic rings. The second-order valence-electron chi connectivity index (χ2n) is 3.34. The minimum absolute atomic E-state index is 0.348. The molecule has 0 N–H and O–H groups in total. The lowest BCUT2D eigenvalue weighted by Gasteiger charge is -2.02. The van der Waals surface area contributed by atoms with Crippen molar-refractivity contribution in [1.29, 1.82) is 0 Å². The summed E-state index contributed by atoms with van der Waals surface area (Å²) >= 11 is 0. The maximum Gasteiger partial charge on any atom is 0.346 e. The van der Waals surface area contributed by atoms with Crippen molar-refractivity contribution in [2.75, 3.05) is 0 Å². The normalized spacial score (nSPS) is 11.2. The molecule has 2 aromatic rings. The van der Waals surface area contributed by atoms with E-state index in [0.717, 1.165) is 6.40 Å². The Balaban J connectivity index is 2.08. The SMILES string of the molecule is [O-]/[N+](=C\Oc1ccc(F)cc1)c1ccccc1. The van der Waals surface area contributed by atoms with Crippen LogP contribution in [0.25, 0.3) is 0 Å². The Morgan fingerprint density at radius 2 is 1.65 bits per heavy atom. The molecule has 0 radical (unpaired) electrons. The summed E-state index contributed by atoms with van der Waals surface area (Å²) in [5, 5.41) is 11.5. The van der Waals surface area contributed by atoms with Crippen molar-refractivity contribution in [2.45, 2.75) is 0 Å². The minimum atomic E-state index is -0.348. The maximum atomic E-state index is 12.6. The molecular weight excluding hydrogens is 221 g/mol. The molecule has 0 fully saturated rings. The van der Waals surface area contributed by atoms with E-state index in [1.807, 2.05) is 6.07 Å². The number of halogens is 1. The molecule has 0 heterocycles. The van der Waals surface area contributed by atoms with E-state index in [2.05, 4.69) is 0 Å². The average molecular weight is 231 g/mol. The Bertz CT molecular complexity index is 509. The van der Waals surface area contributed by atoms with E-state index in [0.29, 0.717) is 16.2 Å². The third kappa shape index (κ3) is 3.04. The summed E-state index contributed by atoms with van der Waals surface area (Å²) in [4.78, 5) is 0. The molecule has 0 spiro atoms. The first-order chi connectivity index (χ1) is 8.25. The molecule has 0 aromatic heterocycles. The van der Waals surface area contributed by atoms with Crippen LogP contribution in [0.2, 0.25) is 0 Å². The molecule has 0 amide bonds. The predicted molar refractivity (Wildman–Crippen MR) is 62.8 cm³/mol. The molecule has 0 atom stereocenters. The van der Waals surface area contributed by atoms with Gasteiger partial charge in [-0.15, -0.1) is 4.74 Å². The quantitative estimate of drug-likeness (QED) is 0.267. The Morgan fingerprint density at radius 1 is 1.00 bits per heavy atom. The van der Waals surface area contributed by atoms with E-state index >= 15 is 0 Å². The fourth-order valence-corrected chi connectivity index (χ4v) is 1.26. The molecule has 0 aliphatic carbocycles. The average Bonchev–Trinajstić information content (AvgIpc) is 2.39. The van der Waals surface area contributed by atoms with E-state index in [4.69, 9.17) is 4.74 Å². The summed E-state index contributed by atoms with van der Waals surface area (Å²) < 4.78 is 18.3. The summed E-state index contributed by atoms with van der Waals surface area (Å²) in [6, 6.07) is 14.1. The van der Waals surface area contributed by atoms with Gasteiger partial charge < -0.3 is 9.94 Å². The number of benzene rings is 2. The van der Waals surface area contributed by atoms with Crippen LogP contribution in [0.3, 0.4) is 0 Å². The second-order valence-corrected chi connectivity index (χ2v) is 3.34. The lowest BCUT2D eigenvalue weighted by Crippen LogP contribution is -2.03. The zero-order valence-corrected chi connectivity index (χ0v) is 8.92. The van der Waals surface area contributed by atoms with Gasteiger partial charge in [0.1, 0.15) is 11.6 Å². The van der Waals surface area contributed by atoms with Crippen molar-refractivity contribution in [3.63, 3.8) is 0 Å². The van der Waals surface area contributed by atoms with E-state index < -0.39 is 0 Å². The highest BCUT2D eigenvalue weighted by atomic mass is 19.1. The summed E-state index contributed by atoms with van der Waals surface area (Å²) in [5.74, 6) is 0.0579. The number of para-hydroxylation sites is 1. The molecule has 0 bridgehead atoms. The molecule has 4 heteroatoms. The molecule has 0 saturated heterocycles. The first kappa shape index (κ1) is 11.1. The van der Waals surface area contributed by atoms with Gasteiger partial charge in [-0.1, -0.05) is 18.2 Å². The van der Waals surface area contributed by atoms with E-state index in [1.54, 1.807) is 24.3 Å². The lowest BCUT2D eigenvalue weighted by molar-refractivity contribution is -0.363. The molecular formula is C13H10FNO2. The Kier molecular flexibility index (Phi) is 3.35. The van der Waals surface area contributed by atoms with Crippen LogP contribution in [0, 0.1) is 11.0 Å². The Hall–Kier alpha value is -2.36. The number of ether oxygens (including phenoxy) is 1. The van der Waals surface area contributed by atoms with Crippen molar-refractivity contribution in [3.05, 3.63) is 65.6 Å². The minimum Gasteiger partial charge on any atom is -0.616 e. The van der Waals surface area contributed by atoms with Gasteiger partial charge in [-0.3, -0.25) is 0 Å². The monoisotopic (exact) mass is 231 g/mol. The van der Waals surface area contributed by atoms with Crippen molar-refractivity contribution in [2.24, 2.45) is 0 Å². The molecule has 86 valence electrons. The zero-order valence-electron chi connectivity index (χ0n) is 8.92. The van der Waals surface area contributed by atoms with Crippen LogP contribution in [-0.2, 0) is 0 Å². The molecule has 17 heavy (non-hydrogen) atoms. The first-order valence-corrected chi connectivity index (χ1v) is 5.03. The van der Waals surface area contributed by atoms with Crippen LogP contribution in [0.15, 0.2) is 54.6 Å². The number of hydrogen-bond donors (Lipinski definition) is 0. The molecule has 0 saturated carbocycles. The van der Waals surface area contributed by atoms with Crippen molar-refractivity contribution < 1.29 is 13.9 Å². The van der Waals surface area contributed by atoms with Gasteiger partial charge >= 0.3 is 6.40 Å². The van der Waals surface area contributed by atoms with E-state index in [-0.39, 0.29) is 5.82 Å². The smallest absolute Gasteiger partial charge is 0.346 e. The topological polar surface area (TPSA) is 35.3 Å².